The Labute approximate surface area is 322 Å². The number of hydrogen-bond acceptors (Lipinski definition) is 4. The highest BCUT2D eigenvalue weighted by Gasteiger charge is 2.47. The number of aliphatic imine (C=N–C) groups is 2. The molecule has 0 radical (unpaired) electrons. The highest BCUT2D eigenvalue weighted by atomic mass is 16.5. The van der Waals surface area contributed by atoms with Crippen molar-refractivity contribution >= 4 is 22.6 Å². The van der Waals surface area contributed by atoms with Gasteiger partial charge >= 0.3 is 0 Å². The summed E-state index contributed by atoms with van der Waals surface area (Å²) in [6.07, 6.45) is 0. The molecule has 0 saturated carbocycles. The summed E-state index contributed by atoms with van der Waals surface area (Å²) in [5.74, 6) is 1.42. The Morgan fingerprint density at radius 1 is 0.418 bits per heavy atom. The van der Waals surface area contributed by atoms with Crippen LogP contribution in [0.15, 0.2) is 168 Å². The van der Waals surface area contributed by atoms with E-state index < -0.39 is 5.41 Å². The molecule has 3 aliphatic rings. The van der Waals surface area contributed by atoms with Crippen molar-refractivity contribution in [2.24, 2.45) is 9.98 Å². The smallest absolute Gasteiger partial charge is 0.216 e. The normalized spacial score (nSPS) is 17.2. The Morgan fingerprint density at radius 3 is 1.51 bits per heavy atom. The monoisotopic (exact) mass is 714 g/mol. The van der Waals surface area contributed by atoms with E-state index in [0.29, 0.717) is 25.0 Å². The van der Waals surface area contributed by atoms with Crippen LogP contribution in [0.5, 0.6) is 0 Å². The lowest BCUT2D eigenvalue weighted by Crippen LogP contribution is -2.28. The molecule has 55 heavy (non-hydrogen) atoms. The lowest BCUT2D eigenvalue weighted by atomic mass is 9.67. The molecule has 1 aliphatic carbocycles. The van der Waals surface area contributed by atoms with Gasteiger partial charge in [0.25, 0.3) is 0 Å². The third-order valence-corrected chi connectivity index (χ3v) is 11.4. The number of rotatable bonds is 6. The van der Waals surface area contributed by atoms with Gasteiger partial charge in [0.2, 0.25) is 11.8 Å². The van der Waals surface area contributed by atoms with E-state index in [4.69, 9.17) is 19.5 Å². The van der Waals surface area contributed by atoms with E-state index in [0.717, 1.165) is 27.8 Å². The van der Waals surface area contributed by atoms with Crippen LogP contribution in [0.3, 0.4) is 0 Å². The van der Waals surface area contributed by atoms with E-state index in [1.165, 1.54) is 49.7 Å². The zero-order valence-electron chi connectivity index (χ0n) is 31.6. The minimum Gasteiger partial charge on any atom is -0.475 e. The molecule has 0 N–H and O–H groups in total. The summed E-state index contributed by atoms with van der Waals surface area (Å²) < 4.78 is 12.2. The van der Waals surface area contributed by atoms with Gasteiger partial charge in [0.15, 0.2) is 0 Å². The number of ether oxygens (including phenoxy) is 2. The third kappa shape index (κ3) is 5.42. The first kappa shape index (κ1) is 33.3. The minimum absolute atomic E-state index is 0.228. The molecule has 268 valence electrons. The van der Waals surface area contributed by atoms with Crippen molar-refractivity contribution in [3.63, 3.8) is 0 Å². The van der Waals surface area contributed by atoms with Crippen molar-refractivity contribution in [1.82, 2.24) is 0 Å². The van der Waals surface area contributed by atoms with E-state index in [2.05, 4.69) is 185 Å². The second kappa shape index (κ2) is 12.4. The second-order valence-corrected chi connectivity index (χ2v) is 16.3. The average Bonchev–Trinajstić information content (AvgIpc) is 3.88. The van der Waals surface area contributed by atoms with Crippen molar-refractivity contribution in [2.45, 2.75) is 44.2 Å². The molecule has 0 spiro atoms. The molecule has 2 heterocycles. The fraction of sp³-hybridized carbons (Fsp3) is 0.176. The van der Waals surface area contributed by atoms with E-state index in [1.807, 2.05) is 0 Å². The lowest BCUT2D eigenvalue weighted by Gasteiger charge is -2.34. The van der Waals surface area contributed by atoms with E-state index in [1.54, 1.807) is 0 Å². The van der Waals surface area contributed by atoms with E-state index >= 15 is 0 Å². The molecular formula is C51H42N2O2. The topological polar surface area (TPSA) is 43.2 Å². The van der Waals surface area contributed by atoms with Crippen molar-refractivity contribution in [2.75, 3.05) is 13.2 Å². The van der Waals surface area contributed by atoms with Gasteiger partial charge in [-0.15, -0.1) is 0 Å². The number of fused-ring (bicyclic) bond motifs is 5. The first-order valence-corrected chi connectivity index (χ1v) is 19.2. The highest BCUT2D eigenvalue weighted by Crippen LogP contribution is 2.59. The van der Waals surface area contributed by atoms with Crippen molar-refractivity contribution in [3.05, 3.63) is 191 Å². The van der Waals surface area contributed by atoms with Crippen LogP contribution in [-0.4, -0.2) is 36.1 Å². The van der Waals surface area contributed by atoms with Gasteiger partial charge in [-0.1, -0.05) is 121 Å². The van der Waals surface area contributed by atoms with E-state index in [-0.39, 0.29) is 11.1 Å². The van der Waals surface area contributed by atoms with Gasteiger partial charge in [0.05, 0.1) is 16.5 Å². The zero-order valence-corrected chi connectivity index (χ0v) is 31.6. The summed E-state index contributed by atoms with van der Waals surface area (Å²) in [5, 5.41) is 2.45. The maximum absolute atomic E-state index is 6.13. The van der Waals surface area contributed by atoms with Crippen LogP contribution in [0.2, 0.25) is 0 Å². The Hall–Kier alpha value is -6.26. The zero-order chi connectivity index (χ0) is 37.4. The minimum atomic E-state index is -0.595. The maximum Gasteiger partial charge on any atom is 0.216 e. The Bertz CT molecular complexity index is 2670. The van der Waals surface area contributed by atoms with Gasteiger partial charge in [-0.3, -0.25) is 0 Å². The Morgan fingerprint density at radius 2 is 0.927 bits per heavy atom. The number of nitrogens with zero attached hydrogens (tertiary/aromatic N) is 2. The summed E-state index contributed by atoms with van der Waals surface area (Å²) in [6, 6.07) is 57.8. The van der Waals surface area contributed by atoms with Crippen LogP contribution >= 0.6 is 0 Å². The summed E-state index contributed by atoms with van der Waals surface area (Å²) in [6.45, 7) is 9.62. The fourth-order valence-corrected chi connectivity index (χ4v) is 8.88. The van der Waals surface area contributed by atoms with Crippen LogP contribution in [0.1, 0.15) is 61.1 Å². The van der Waals surface area contributed by atoms with Gasteiger partial charge in [0.1, 0.15) is 13.2 Å². The molecule has 0 saturated heterocycles. The number of benzene rings is 7. The van der Waals surface area contributed by atoms with Crippen LogP contribution in [0.25, 0.3) is 44.2 Å². The van der Waals surface area contributed by atoms with Gasteiger partial charge in [-0.2, -0.15) is 0 Å². The molecule has 2 aliphatic heterocycles. The first-order chi connectivity index (χ1) is 26.7. The van der Waals surface area contributed by atoms with Crippen molar-refractivity contribution in [1.29, 1.82) is 0 Å². The third-order valence-electron chi connectivity index (χ3n) is 11.4. The summed E-state index contributed by atoms with van der Waals surface area (Å²) in [7, 11) is 0. The largest absolute Gasteiger partial charge is 0.475 e. The molecule has 0 aromatic heterocycles. The van der Waals surface area contributed by atoms with Crippen LogP contribution in [0.4, 0.5) is 0 Å². The van der Waals surface area contributed by atoms with Crippen LogP contribution < -0.4 is 0 Å². The molecule has 0 bridgehead atoms. The summed E-state index contributed by atoms with van der Waals surface area (Å²) >= 11 is 0. The van der Waals surface area contributed by atoms with Gasteiger partial charge in [-0.05, 0) is 131 Å². The molecule has 4 nitrogen and oxygen atoms in total. The maximum atomic E-state index is 6.13. The van der Waals surface area contributed by atoms with Gasteiger partial charge < -0.3 is 9.47 Å². The highest BCUT2D eigenvalue weighted by molar-refractivity contribution is 6.11. The molecule has 10 rings (SSSR count). The molecule has 7 aromatic carbocycles. The Balaban J connectivity index is 1.25. The average molecular weight is 715 g/mol. The molecule has 7 aromatic rings. The Kier molecular flexibility index (Phi) is 7.51. The molecular weight excluding hydrogens is 673 g/mol. The molecule has 0 atom stereocenters. The second-order valence-electron chi connectivity index (χ2n) is 16.3. The standard InChI is InChI=1S/C51H42N2O2/c1-49(2)31-54-47(52-49)36-17-13-15-33(27-36)34-25-26-42-44(29-34)51(38-19-7-5-8-20-38,39-21-9-6-10-22-39)45-30-43(40-23-11-12-24-41(40)46(42)45)35-16-14-18-37(28-35)48-53-50(3,4)32-55-48/h5-30H,31-32H2,1-4H3. The van der Waals surface area contributed by atoms with Crippen LogP contribution in [-0.2, 0) is 14.9 Å². The predicted molar refractivity (Wildman–Crippen MR) is 225 cm³/mol. The SMILES string of the molecule is CC1(C)COC(c2cccc(-c3ccc4c(c3)C(c3ccccc3)(c3ccccc3)c3cc(-c5cccc(C6=NC(C)(C)CO6)c5)c5ccccc5c3-4)c2)=N1. The van der Waals surface area contributed by atoms with Crippen molar-refractivity contribution in [3.8, 4) is 33.4 Å². The quantitative estimate of drug-likeness (QED) is 0.172. The lowest BCUT2D eigenvalue weighted by molar-refractivity contribution is 0.279. The summed E-state index contributed by atoms with van der Waals surface area (Å²) in [4.78, 5) is 9.81. The summed E-state index contributed by atoms with van der Waals surface area (Å²) in [5.41, 5.74) is 13.1. The fourth-order valence-electron chi connectivity index (χ4n) is 8.88. The van der Waals surface area contributed by atoms with E-state index in [9.17, 15) is 0 Å². The van der Waals surface area contributed by atoms with Gasteiger partial charge in [0, 0.05) is 11.1 Å². The molecule has 0 fully saturated rings. The van der Waals surface area contributed by atoms with Crippen molar-refractivity contribution < 1.29 is 9.47 Å². The molecule has 0 amide bonds. The molecule has 0 unspecified atom stereocenters. The number of hydrogen-bond donors (Lipinski definition) is 0. The van der Waals surface area contributed by atoms with Crippen LogP contribution in [0, 0.1) is 0 Å². The van der Waals surface area contributed by atoms with Gasteiger partial charge in [-0.25, -0.2) is 9.98 Å². The first-order valence-electron chi connectivity index (χ1n) is 19.2. The molecule has 4 heteroatoms. The predicted octanol–water partition coefficient (Wildman–Crippen LogP) is 11.6.